The SMILES string of the molecule is NC(=NCc1nccs1)N1CCN(c2ccc(F)cc2)CC1. The van der Waals surface area contributed by atoms with Crippen molar-refractivity contribution >= 4 is 23.0 Å². The molecule has 2 aromatic rings. The predicted octanol–water partition coefficient (Wildman–Crippen LogP) is 1.92. The van der Waals surface area contributed by atoms with Crippen molar-refractivity contribution in [2.45, 2.75) is 6.54 Å². The molecule has 22 heavy (non-hydrogen) atoms. The van der Waals surface area contributed by atoms with Crippen molar-refractivity contribution in [3.8, 4) is 0 Å². The molecule has 116 valence electrons. The van der Waals surface area contributed by atoms with Gasteiger partial charge in [-0.2, -0.15) is 0 Å². The van der Waals surface area contributed by atoms with Gasteiger partial charge in [-0.1, -0.05) is 0 Å². The van der Waals surface area contributed by atoms with Gasteiger partial charge < -0.3 is 15.5 Å². The zero-order chi connectivity index (χ0) is 15.4. The highest BCUT2D eigenvalue weighted by Crippen LogP contribution is 2.17. The number of anilines is 1. The van der Waals surface area contributed by atoms with Crippen molar-refractivity contribution in [3.05, 3.63) is 46.7 Å². The maximum absolute atomic E-state index is 13.0. The molecule has 2 heterocycles. The quantitative estimate of drug-likeness (QED) is 0.694. The van der Waals surface area contributed by atoms with Crippen LogP contribution >= 0.6 is 11.3 Å². The number of piperazine rings is 1. The second-order valence-corrected chi connectivity index (χ2v) is 6.03. The van der Waals surface area contributed by atoms with Crippen molar-refractivity contribution in [1.29, 1.82) is 0 Å². The Morgan fingerprint density at radius 2 is 1.95 bits per heavy atom. The molecule has 0 bridgehead atoms. The molecular weight excluding hydrogens is 301 g/mol. The molecule has 7 heteroatoms. The molecule has 2 N–H and O–H groups in total. The van der Waals surface area contributed by atoms with E-state index in [-0.39, 0.29) is 5.82 Å². The molecule has 0 saturated carbocycles. The van der Waals surface area contributed by atoms with Crippen molar-refractivity contribution in [3.63, 3.8) is 0 Å². The Morgan fingerprint density at radius 1 is 1.23 bits per heavy atom. The van der Waals surface area contributed by atoms with Crippen LogP contribution in [0.2, 0.25) is 0 Å². The minimum absolute atomic E-state index is 0.207. The number of aliphatic imine (C=N–C) groups is 1. The molecular formula is C15H18FN5S. The van der Waals surface area contributed by atoms with Crippen LogP contribution in [-0.2, 0) is 6.54 Å². The molecule has 1 aromatic heterocycles. The van der Waals surface area contributed by atoms with E-state index in [1.54, 1.807) is 17.5 Å². The number of nitrogens with zero attached hydrogens (tertiary/aromatic N) is 4. The third-order valence-corrected chi connectivity index (χ3v) is 4.42. The normalized spacial score (nSPS) is 16.1. The highest BCUT2D eigenvalue weighted by Gasteiger charge is 2.18. The van der Waals surface area contributed by atoms with E-state index < -0.39 is 0 Å². The summed E-state index contributed by atoms with van der Waals surface area (Å²) in [6.45, 7) is 3.84. The molecule has 1 saturated heterocycles. The maximum atomic E-state index is 13.0. The number of hydrogen-bond acceptors (Lipinski definition) is 4. The van der Waals surface area contributed by atoms with E-state index in [0.717, 1.165) is 36.9 Å². The van der Waals surface area contributed by atoms with Crippen LogP contribution in [-0.4, -0.2) is 42.0 Å². The van der Waals surface area contributed by atoms with Crippen LogP contribution in [0.1, 0.15) is 5.01 Å². The van der Waals surface area contributed by atoms with E-state index in [2.05, 4.69) is 19.8 Å². The number of benzene rings is 1. The van der Waals surface area contributed by atoms with E-state index in [4.69, 9.17) is 5.73 Å². The number of hydrogen-bond donors (Lipinski definition) is 1. The second-order valence-electron chi connectivity index (χ2n) is 5.05. The van der Waals surface area contributed by atoms with Crippen LogP contribution in [0.4, 0.5) is 10.1 Å². The second kappa shape index (κ2) is 6.74. The Hall–Kier alpha value is -2.15. The summed E-state index contributed by atoms with van der Waals surface area (Å²) in [6.07, 6.45) is 1.77. The molecule has 3 rings (SSSR count). The van der Waals surface area contributed by atoms with Gasteiger partial charge in [-0.15, -0.1) is 11.3 Å². The smallest absolute Gasteiger partial charge is 0.191 e. The highest BCUT2D eigenvalue weighted by atomic mass is 32.1. The Balaban J connectivity index is 1.54. The lowest BCUT2D eigenvalue weighted by atomic mass is 10.2. The van der Waals surface area contributed by atoms with E-state index in [0.29, 0.717) is 12.5 Å². The molecule has 0 radical (unpaired) electrons. The molecule has 0 unspecified atom stereocenters. The average Bonchev–Trinajstić information content (AvgIpc) is 3.07. The minimum Gasteiger partial charge on any atom is -0.370 e. The Morgan fingerprint density at radius 3 is 2.59 bits per heavy atom. The highest BCUT2D eigenvalue weighted by molar-refractivity contribution is 7.09. The first-order valence-corrected chi connectivity index (χ1v) is 8.04. The molecule has 0 amide bonds. The molecule has 0 spiro atoms. The van der Waals surface area contributed by atoms with Gasteiger partial charge >= 0.3 is 0 Å². The minimum atomic E-state index is -0.207. The number of nitrogens with two attached hydrogens (primary N) is 1. The molecule has 5 nitrogen and oxygen atoms in total. The van der Waals surface area contributed by atoms with E-state index in [9.17, 15) is 4.39 Å². The Kier molecular flexibility index (Phi) is 4.53. The van der Waals surface area contributed by atoms with Crippen LogP contribution in [0, 0.1) is 5.82 Å². The van der Waals surface area contributed by atoms with Crippen molar-refractivity contribution in [2.75, 3.05) is 31.1 Å². The number of rotatable bonds is 3. The first-order chi connectivity index (χ1) is 10.7. The molecule has 1 fully saturated rings. The average molecular weight is 319 g/mol. The van der Waals surface area contributed by atoms with E-state index >= 15 is 0 Å². The lowest BCUT2D eigenvalue weighted by Crippen LogP contribution is -2.51. The van der Waals surface area contributed by atoms with Crippen LogP contribution in [0.5, 0.6) is 0 Å². The van der Waals surface area contributed by atoms with Gasteiger partial charge in [0.25, 0.3) is 0 Å². The molecule has 1 aliphatic heterocycles. The fourth-order valence-electron chi connectivity index (χ4n) is 2.43. The summed E-state index contributed by atoms with van der Waals surface area (Å²) in [4.78, 5) is 12.9. The zero-order valence-corrected chi connectivity index (χ0v) is 13.0. The lowest BCUT2D eigenvalue weighted by molar-refractivity contribution is 0.380. The van der Waals surface area contributed by atoms with Gasteiger partial charge in [-0.25, -0.2) is 14.4 Å². The Labute approximate surface area is 132 Å². The van der Waals surface area contributed by atoms with Crippen LogP contribution in [0.25, 0.3) is 0 Å². The van der Waals surface area contributed by atoms with Crippen molar-refractivity contribution in [2.24, 2.45) is 10.7 Å². The summed E-state index contributed by atoms with van der Waals surface area (Å²) in [5.74, 6) is 0.356. The largest absolute Gasteiger partial charge is 0.370 e. The Bertz CT molecular complexity index is 618. The third kappa shape index (κ3) is 3.54. The van der Waals surface area contributed by atoms with Gasteiger partial charge in [0, 0.05) is 43.4 Å². The van der Waals surface area contributed by atoms with Crippen LogP contribution in [0.3, 0.4) is 0 Å². The summed E-state index contributed by atoms with van der Waals surface area (Å²) >= 11 is 1.58. The number of halogens is 1. The van der Waals surface area contributed by atoms with Crippen molar-refractivity contribution < 1.29 is 4.39 Å². The van der Waals surface area contributed by atoms with Gasteiger partial charge in [0.15, 0.2) is 5.96 Å². The van der Waals surface area contributed by atoms with Crippen molar-refractivity contribution in [1.82, 2.24) is 9.88 Å². The maximum Gasteiger partial charge on any atom is 0.191 e. The summed E-state index contributed by atoms with van der Waals surface area (Å²) in [7, 11) is 0. The van der Waals surface area contributed by atoms with Gasteiger partial charge in [0.1, 0.15) is 10.8 Å². The fraction of sp³-hybridized carbons (Fsp3) is 0.333. The first-order valence-electron chi connectivity index (χ1n) is 7.16. The van der Waals surface area contributed by atoms with E-state index in [1.807, 2.05) is 17.5 Å². The molecule has 1 aliphatic rings. The van der Waals surface area contributed by atoms with E-state index in [1.165, 1.54) is 12.1 Å². The monoisotopic (exact) mass is 319 g/mol. The number of thiazole rings is 1. The summed E-state index contributed by atoms with van der Waals surface area (Å²) in [5, 5.41) is 2.90. The zero-order valence-electron chi connectivity index (χ0n) is 12.2. The topological polar surface area (TPSA) is 57.8 Å². The summed E-state index contributed by atoms with van der Waals surface area (Å²) in [6, 6.07) is 6.60. The first kappa shape index (κ1) is 14.8. The lowest BCUT2D eigenvalue weighted by Gasteiger charge is -2.36. The number of aromatic nitrogens is 1. The predicted molar refractivity (Wildman–Crippen MR) is 87.6 cm³/mol. The molecule has 0 aliphatic carbocycles. The van der Waals surface area contributed by atoms with Gasteiger partial charge in [-0.05, 0) is 24.3 Å². The molecule has 1 aromatic carbocycles. The van der Waals surface area contributed by atoms with Crippen LogP contribution in [0.15, 0.2) is 40.8 Å². The van der Waals surface area contributed by atoms with Gasteiger partial charge in [-0.3, -0.25) is 0 Å². The number of guanidine groups is 1. The summed E-state index contributed by atoms with van der Waals surface area (Å²) < 4.78 is 13.0. The summed E-state index contributed by atoms with van der Waals surface area (Å²) in [5.41, 5.74) is 7.09. The molecule has 0 atom stereocenters. The van der Waals surface area contributed by atoms with Crippen LogP contribution < -0.4 is 10.6 Å². The van der Waals surface area contributed by atoms with Gasteiger partial charge in [0.05, 0.1) is 6.54 Å². The standard InChI is InChI=1S/C15H18FN5S/c16-12-1-3-13(4-2-12)20-6-8-21(9-7-20)15(17)19-11-14-18-5-10-22-14/h1-5,10H,6-9,11H2,(H2,17,19). The van der Waals surface area contributed by atoms with Gasteiger partial charge in [0.2, 0.25) is 0 Å². The third-order valence-electron chi connectivity index (χ3n) is 3.66. The fourth-order valence-corrected chi connectivity index (χ4v) is 2.96.